The van der Waals surface area contributed by atoms with Crippen LogP contribution >= 0.6 is 23.2 Å². The number of ether oxygens (including phenoxy) is 1. The molecule has 1 aromatic rings. The molecule has 104 valence electrons. The maximum atomic E-state index is 11.4. The van der Waals surface area contributed by atoms with E-state index in [2.05, 4.69) is 10.6 Å². The molecule has 0 spiro atoms. The highest BCUT2D eigenvalue weighted by Crippen LogP contribution is 2.26. The molecule has 0 aliphatic rings. The molecule has 0 heterocycles. The van der Waals surface area contributed by atoms with Crippen LogP contribution < -0.4 is 15.4 Å². The highest BCUT2D eigenvalue weighted by Gasteiger charge is 2.09. The molecule has 0 aliphatic carbocycles. The number of hydrogen-bond donors (Lipinski definition) is 2. The number of amides is 3. The van der Waals surface area contributed by atoms with Crippen molar-refractivity contribution in [2.24, 2.45) is 0 Å². The van der Waals surface area contributed by atoms with E-state index in [1.807, 2.05) is 0 Å². The monoisotopic (exact) mass is 304 g/mol. The average Bonchev–Trinajstić information content (AvgIpc) is 2.29. The number of carbonyl (C=O) groups is 2. The molecule has 0 saturated heterocycles. The van der Waals surface area contributed by atoms with Gasteiger partial charge < -0.3 is 10.1 Å². The van der Waals surface area contributed by atoms with Gasteiger partial charge in [0.1, 0.15) is 5.75 Å². The Bertz CT molecular complexity index is 478. The minimum absolute atomic E-state index is 0.0520. The fraction of sp³-hybridized carbons (Fsp3) is 0.333. The van der Waals surface area contributed by atoms with Crippen LogP contribution in [0.5, 0.6) is 5.75 Å². The molecule has 0 fully saturated rings. The lowest BCUT2D eigenvalue weighted by molar-refractivity contribution is -0.122. The Labute approximate surface area is 121 Å². The molecule has 0 aliphatic heterocycles. The fourth-order valence-corrected chi connectivity index (χ4v) is 1.46. The third-order valence-electron chi connectivity index (χ3n) is 1.93. The van der Waals surface area contributed by atoms with Crippen LogP contribution in [0.4, 0.5) is 4.79 Å². The maximum absolute atomic E-state index is 11.4. The fourth-order valence-electron chi connectivity index (χ4n) is 1.18. The first-order valence-corrected chi connectivity index (χ1v) is 6.32. The number of rotatable bonds is 4. The van der Waals surface area contributed by atoms with E-state index >= 15 is 0 Å². The first kappa shape index (κ1) is 15.6. The summed E-state index contributed by atoms with van der Waals surface area (Å²) in [5.74, 6) is -0.155. The highest BCUT2D eigenvalue weighted by atomic mass is 35.5. The van der Waals surface area contributed by atoms with E-state index in [1.54, 1.807) is 26.0 Å². The molecule has 1 aromatic carbocycles. The summed E-state index contributed by atoms with van der Waals surface area (Å²) in [6.07, 6.45) is 0. The van der Waals surface area contributed by atoms with Gasteiger partial charge >= 0.3 is 6.03 Å². The number of nitrogens with one attached hydrogen (secondary N) is 2. The van der Waals surface area contributed by atoms with Gasteiger partial charge in [0.05, 0.1) is 10.0 Å². The number of carbonyl (C=O) groups excluding carboxylic acids is 2. The molecule has 0 aromatic heterocycles. The molecule has 7 heteroatoms. The van der Waals surface area contributed by atoms with E-state index in [0.29, 0.717) is 15.8 Å². The lowest BCUT2D eigenvalue weighted by Gasteiger charge is -2.10. The molecule has 2 N–H and O–H groups in total. The van der Waals surface area contributed by atoms with Crippen LogP contribution in [0.25, 0.3) is 0 Å². The maximum Gasteiger partial charge on any atom is 0.321 e. The van der Waals surface area contributed by atoms with Gasteiger partial charge in [0.15, 0.2) is 6.61 Å². The van der Waals surface area contributed by atoms with E-state index in [0.717, 1.165) is 0 Å². The molecule has 5 nitrogen and oxygen atoms in total. The molecular weight excluding hydrogens is 291 g/mol. The van der Waals surface area contributed by atoms with E-state index in [4.69, 9.17) is 27.9 Å². The van der Waals surface area contributed by atoms with Gasteiger partial charge in [-0.15, -0.1) is 0 Å². The normalized spacial score (nSPS) is 10.2. The Kier molecular flexibility index (Phi) is 5.92. The second-order valence-electron chi connectivity index (χ2n) is 4.04. The second kappa shape index (κ2) is 7.21. The number of imide groups is 1. The van der Waals surface area contributed by atoms with Crippen LogP contribution in [-0.4, -0.2) is 24.6 Å². The second-order valence-corrected chi connectivity index (χ2v) is 4.86. The zero-order chi connectivity index (χ0) is 14.4. The molecule has 0 bridgehead atoms. The van der Waals surface area contributed by atoms with Crippen LogP contribution in [0.1, 0.15) is 13.8 Å². The Morgan fingerprint density at radius 1 is 1.26 bits per heavy atom. The summed E-state index contributed by atoms with van der Waals surface area (Å²) in [6.45, 7) is 3.29. The number of urea groups is 1. The van der Waals surface area contributed by atoms with Gasteiger partial charge in [-0.05, 0) is 26.0 Å². The summed E-state index contributed by atoms with van der Waals surface area (Å²) in [4.78, 5) is 22.6. The van der Waals surface area contributed by atoms with Gasteiger partial charge in [0.25, 0.3) is 5.91 Å². The van der Waals surface area contributed by atoms with Crippen LogP contribution in [-0.2, 0) is 4.79 Å². The highest BCUT2D eigenvalue weighted by molar-refractivity contribution is 6.42. The molecule has 19 heavy (non-hydrogen) atoms. The van der Waals surface area contributed by atoms with E-state index in [-0.39, 0.29) is 12.6 Å². The Balaban J connectivity index is 2.41. The van der Waals surface area contributed by atoms with Gasteiger partial charge in [-0.2, -0.15) is 0 Å². The van der Waals surface area contributed by atoms with Crippen molar-refractivity contribution < 1.29 is 14.3 Å². The van der Waals surface area contributed by atoms with E-state index in [9.17, 15) is 9.59 Å². The van der Waals surface area contributed by atoms with Gasteiger partial charge in [0, 0.05) is 12.1 Å². The van der Waals surface area contributed by atoms with E-state index in [1.165, 1.54) is 6.07 Å². The molecule has 0 unspecified atom stereocenters. The predicted molar refractivity (Wildman–Crippen MR) is 73.8 cm³/mol. The molecule has 0 atom stereocenters. The quantitative estimate of drug-likeness (QED) is 0.898. The van der Waals surface area contributed by atoms with Crippen molar-refractivity contribution in [1.82, 2.24) is 10.6 Å². The lowest BCUT2D eigenvalue weighted by atomic mass is 10.3. The minimum Gasteiger partial charge on any atom is -0.484 e. The minimum atomic E-state index is -0.558. The van der Waals surface area contributed by atoms with Crippen molar-refractivity contribution in [1.29, 1.82) is 0 Å². The predicted octanol–water partition coefficient (Wildman–Crippen LogP) is 2.61. The van der Waals surface area contributed by atoms with Gasteiger partial charge in [-0.25, -0.2) is 4.79 Å². The number of benzene rings is 1. The summed E-state index contributed by atoms with van der Waals surface area (Å²) < 4.78 is 5.17. The smallest absolute Gasteiger partial charge is 0.321 e. The largest absolute Gasteiger partial charge is 0.484 e. The molecule has 1 rings (SSSR count). The number of hydrogen-bond acceptors (Lipinski definition) is 3. The third-order valence-corrected chi connectivity index (χ3v) is 2.67. The Morgan fingerprint density at radius 3 is 2.53 bits per heavy atom. The Morgan fingerprint density at radius 2 is 1.95 bits per heavy atom. The van der Waals surface area contributed by atoms with Gasteiger partial charge in [-0.1, -0.05) is 23.2 Å². The lowest BCUT2D eigenvalue weighted by Crippen LogP contribution is -2.44. The molecule has 0 radical (unpaired) electrons. The van der Waals surface area contributed by atoms with Crippen LogP contribution in [0, 0.1) is 0 Å². The first-order chi connectivity index (χ1) is 8.88. The van der Waals surface area contributed by atoms with Crippen molar-refractivity contribution in [3.63, 3.8) is 0 Å². The third kappa shape index (κ3) is 5.81. The average molecular weight is 305 g/mol. The van der Waals surface area contributed by atoms with Crippen LogP contribution in [0.2, 0.25) is 10.0 Å². The molecule has 3 amide bonds. The van der Waals surface area contributed by atoms with Gasteiger partial charge in [0.2, 0.25) is 0 Å². The zero-order valence-corrected chi connectivity index (χ0v) is 12.0. The molecule has 0 saturated carbocycles. The summed E-state index contributed by atoms with van der Waals surface area (Å²) in [7, 11) is 0. The van der Waals surface area contributed by atoms with E-state index < -0.39 is 11.9 Å². The van der Waals surface area contributed by atoms with Crippen molar-refractivity contribution in [3.05, 3.63) is 28.2 Å². The summed E-state index contributed by atoms with van der Waals surface area (Å²) in [5.41, 5.74) is 0. The van der Waals surface area contributed by atoms with Crippen molar-refractivity contribution in [2.75, 3.05) is 6.61 Å². The summed E-state index contributed by atoms with van der Waals surface area (Å²) in [5, 5.41) is 5.39. The Hall–Kier alpha value is -1.46. The van der Waals surface area contributed by atoms with Gasteiger partial charge in [-0.3, -0.25) is 10.1 Å². The van der Waals surface area contributed by atoms with Crippen LogP contribution in [0.3, 0.4) is 0 Å². The summed E-state index contributed by atoms with van der Waals surface area (Å²) in [6, 6.07) is 4.02. The molecular formula is C12H14Cl2N2O3. The van der Waals surface area contributed by atoms with Crippen molar-refractivity contribution in [3.8, 4) is 5.75 Å². The van der Waals surface area contributed by atoms with Crippen LogP contribution in [0.15, 0.2) is 18.2 Å². The number of halogens is 2. The van der Waals surface area contributed by atoms with Crippen molar-refractivity contribution >= 4 is 35.1 Å². The zero-order valence-electron chi connectivity index (χ0n) is 10.5. The standard InChI is InChI=1S/C12H14Cl2N2O3/c1-7(2)15-12(18)16-11(17)6-19-8-3-4-9(13)10(14)5-8/h3-5,7H,6H2,1-2H3,(H2,15,16,17,18). The SMILES string of the molecule is CC(C)NC(=O)NC(=O)COc1ccc(Cl)c(Cl)c1. The first-order valence-electron chi connectivity index (χ1n) is 5.56. The summed E-state index contributed by atoms with van der Waals surface area (Å²) >= 11 is 11.5. The van der Waals surface area contributed by atoms with Crippen molar-refractivity contribution in [2.45, 2.75) is 19.9 Å². The topological polar surface area (TPSA) is 67.4 Å².